The van der Waals surface area contributed by atoms with Crippen LogP contribution in [0.25, 0.3) is 0 Å². The number of thioether (sulfide) groups is 1. The molecule has 1 aliphatic rings. The zero-order valence-electron chi connectivity index (χ0n) is 14.5. The summed E-state index contributed by atoms with van der Waals surface area (Å²) in [4.78, 5) is 24.9. The first-order chi connectivity index (χ1) is 11.3. The molecular formula is C18H25NO4S. The van der Waals surface area contributed by atoms with E-state index in [1.165, 1.54) is 0 Å². The van der Waals surface area contributed by atoms with E-state index in [2.05, 4.69) is 5.32 Å². The van der Waals surface area contributed by atoms with E-state index in [-0.39, 0.29) is 24.2 Å². The normalized spacial score (nSPS) is 17.5. The van der Waals surface area contributed by atoms with Crippen molar-refractivity contribution >= 4 is 23.6 Å². The number of rotatable bonds is 6. The smallest absolute Gasteiger partial charge is 0.339 e. The highest BCUT2D eigenvalue weighted by atomic mass is 32.2. The molecule has 1 aromatic rings. The van der Waals surface area contributed by atoms with E-state index >= 15 is 0 Å². The van der Waals surface area contributed by atoms with Crippen LogP contribution in [0.5, 0.6) is 0 Å². The number of carbonyl (C=O) groups excluding carboxylic acids is 2. The zero-order chi connectivity index (χ0) is 17.6. The first kappa shape index (κ1) is 18.8. The summed E-state index contributed by atoms with van der Waals surface area (Å²) >= 11 is 1.59. The Kier molecular flexibility index (Phi) is 6.69. The van der Waals surface area contributed by atoms with Crippen LogP contribution in [-0.2, 0) is 14.3 Å². The Bertz CT molecular complexity index is 577. The molecule has 1 fully saturated rings. The quantitative estimate of drug-likeness (QED) is 0.630. The fraction of sp³-hybridized carbons (Fsp3) is 0.556. The average molecular weight is 351 g/mol. The molecule has 0 unspecified atom stereocenters. The molecule has 1 aliphatic heterocycles. The topological polar surface area (TPSA) is 64.6 Å². The van der Waals surface area contributed by atoms with Crippen LogP contribution in [0.15, 0.2) is 29.2 Å². The number of carbonyl (C=O) groups is 2. The van der Waals surface area contributed by atoms with Gasteiger partial charge in [-0.15, -0.1) is 11.8 Å². The van der Waals surface area contributed by atoms with E-state index < -0.39 is 5.97 Å². The van der Waals surface area contributed by atoms with Crippen LogP contribution in [0, 0.1) is 0 Å². The van der Waals surface area contributed by atoms with Gasteiger partial charge in [-0.05, 0) is 45.7 Å². The van der Waals surface area contributed by atoms with Gasteiger partial charge in [0.05, 0.1) is 11.7 Å². The van der Waals surface area contributed by atoms with E-state index in [1.54, 1.807) is 23.9 Å². The second-order valence-corrected chi connectivity index (χ2v) is 7.88. The molecule has 6 heteroatoms. The van der Waals surface area contributed by atoms with Crippen molar-refractivity contribution in [1.82, 2.24) is 5.32 Å². The van der Waals surface area contributed by atoms with Crippen molar-refractivity contribution in [3.05, 3.63) is 29.8 Å². The summed E-state index contributed by atoms with van der Waals surface area (Å²) in [7, 11) is 0. The van der Waals surface area contributed by atoms with E-state index in [0.717, 1.165) is 30.1 Å². The van der Waals surface area contributed by atoms with Gasteiger partial charge < -0.3 is 14.8 Å². The third-order valence-corrected chi connectivity index (χ3v) is 4.61. The number of esters is 1. The Balaban J connectivity index is 1.90. The van der Waals surface area contributed by atoms with Gasteiger partial charge in [-0.25, -0.2) is 4.79 Å². The van der Waals surface area contributed by atoms with Gasteiger partial charge in [-0.3, -0.25) is 4.79 Å². The summed E-state index contributed by atoms with van der Waals surface area (Å²) in [6, 6.07) is 7.30. The maximum atomic E-state index is 12.3. The number of hydrogen-bond acceptors (Lipinski definition) is 5. The minimum atomic E-state index is -0.477. The molecule has 0 saturated carbocycles. The molecule has 1 heterocycles. The zero-order valence-corrected chi connectivity index (χ0v) is 15.3. The molecule has 0 spiro atoms. The summed E-state index contributed by atoms with van der Waals surface area (Å²) in [5.74, 6) is 0.0317. The van der Waals surface area contributed by atoms with Crippen molar-refractivity contribution in [2.24, 2.45) is 0 Å². The molecule has 1 saturated heterocycles. The van der Waals surface area contributed by atoms with Crippen molar-refractivity contribution in [3.63, 3.8) is 0 Å². The molecule has 0 aliphatic carbocycles. The first-order valence-corrected chi connectivity index (χ1v) is 9.15. The largest absolute Gasteiger partial charge is 0.452 e. The molecule has 0 aromatic heterocycles. The molecule has 1 amide bonds. The van der Waals surface area contributed by atoms with E-state index in [1.807, 2.05) is 32.9 Å². The van der Waals surface area contributed by atoms with Gasteiger partial charge in [0.15, 0.2) is 6.61 Å². The van der Waals surface area contributed by atoms with E-state index in [4.69, 9.17) is 9.47 Å². The average Bonchev–Trinajstić information content (AvgIpc) is 3.02. The molecule has 1 atom stereocenters. The Labute approximate surface area is 147 Å². The molecule has 0 bridgehead atoms. The Morgan fingerprint density at radius 1 is 1.33 bits per heavy atom. The van der Waals surface area contributed by atoms with Crippen molar-refractivity contribution < 1.29 is 19.1 Å². The standard InChI is InChI=1S/C18H25NO4S/c1-18(2,3)19-16(20)11-23-17(21)14-8-4-5-9-15(14)24-12-13-7-6-10-22-13/h4-5,8-9,13H,6-7,10-12H2,1-3H3,(H,19,20)/t13-/m1/s1. The lowest BCUT2D eigenvalue weighted by Crippen LogP contribution is -2.42. The van der Waals surface area contributed by atoms with Gasteiger partial charge in [0.1, 0.15) is 0 Å². The predicted octanol–water partition coefficient (Wildman–Crippen LogP) is 3.03. The summed E-state index contributed by atoms with van der Waals surface area (Å²) in [6.45, 7) is 6.18. The third-order valence-electron chi connectivity index (χ3n) is 3.40. The molecule has 24 heavy (non-hydrogen) atoms. The highest BCUT2D eigenvalue weighted by Crippen LogP contribution is 2.27. The SMILES string of the molecule is CC(C)(C)NC(=O)COC(=O)c1ccccc1SC[C@H]1CCCO1. The van der Waals surface area contributed by atoms with Gasteiger partial charge in [-0.1, -0.05) is 12.1 Å². The minimum Gasteiger partial charge on any atom is -0.452 e. The lowest BCUT2D eigenvalue weighted by atomic mass is 10.1. The Morgan fingerprint density at radius 2 is 2.08 bits per heavy atom. The molecule has 1 N–H and O–H groups in total. The number of benzene rings is 1. The molecular weight excluding hydrogens is 326 g/mol. The van der Waals surface area contributed by atoms with E-state index in [9.17, 15) is 9.59 Å². The lowest BCUT2D eigenvalue weighted by Gasteiger charge is -2.20. The van der Waals surface area contributed by atoms with Gasteiger partial charge in [-0.2, -0.15) is 0 Å². The van der Waals surface area contributed by atoms with Crippen LogP contribution < -0.4 is 5.32 Å². The minimum absolute atomic E-state index is 0.247. The van der Waals surface area contributed by atoms with Crippen molar-refractivity contribution in [3.8, 4) is 0 Å². The number of nitrogens with one attached hydrogen (secondary N) is 1. The van der Waals surface area contributed by atoms with Crippen LogP contribution in [0.3, 0.4) is 0 Å². The Morgan fingerprint density at radius 3 is 2.75 bits per heavy atom. The third kappa shape index (κ3) is 6.17. The highest BCUT2D eigenvalue weighted by molar-refractivity contribution is 7.99. The van der Waals surface area contributed by atoms with Crippen LogP contribution in [0.4, 0.5) is 0 Å². The number of amides is 1. The summed E-state index contributed by atoms with van der Waals surface area (Å²) < 4.78 is 10.8. The Hall–Kier alpha value is -1.53. The fourth-order valence-electron chi connectivity index (χ4n) is 2.38. The second-order valence-electron chi connectivity index (χ2n) is 6.82. The molecule has 132 valence electrons. The maximum absolute atomic E-state index is 12.3. The van der Waals surface area contributed by atoms with E-state index in [0.29, 0.717) is 5.56 Å². The number of hydrogen-bond donors (Lipinski definition) is 1. The van der Waals surface area contributed by atoms with Gasteiger partial charge in [0, 0.05) is 22.8 Å². The fourth-order valence-corrected chi connectivity index (χ4v) is 3.49. The maximum Gasteiger partial charge on any atom is 0.339 e. The van der Waals surface area contributed by atoms with Crippen molar-refractivity contribution in [2.45, 2.75) is 50.2 Å². The van der Waals surface area contributed by atoms with Crippen LogP contribution in [0.1, 0.15) is 44.0 Å². The second kappa shape index (κ2) is 8.53. The van der Waals surface area contributed by atoms with Crippen molar-refractivity contribution in [1.29, 1.82) is 0 Å². The van der Waals surface area contributed by atoms with Crippen LogP contribution in [0.2, 0.25) is 0 Å². The summed E-state index contributed by atoms with van der Waals surface area (Å²) in [5, 5.41) is 2.76. The van der Waals surface area contributed by atoms with Gasteiger partial charge in [0.2, 0.25) is 0 Å². The van der Waals surface area contributed by atoms with Crippen LogP contribution >= 0.6 is 11.8 Å². The first-order valence-electron chi connectivity index (χ1n) is 8.17. The molecule has 2 rings (SSSR count). The van der Waals surface area contributed by atoms with Gasteiger partial charge in [0.25, 0.3) is 5.91 Å². The highest BCUT2D eigenvalue weighted by Gasteiger charge is 2.20. The van der Waals surface area contributed by atoms with Gasteiger partial charge >= 0.3 is 5.97 Å². The summed E-state index contributed by atoms with van der Waals surface area (Å²) in [5.41, 5.74) is 0.141. The van der Waals surface area contributed by atoms with Crippen LogP contribution in [-0.4, -0.2) is 42.5 Å². The lowest BCUT2D eigenvalue weighted by molar-refractivity contribution is -0.125. The molecule has 5 nitrogen and oxygen atoms in total. The monoisotopic (exact) mass is 351 g/mol. The van der Waals surface area contributed by atoms with Crippen molar-refractivity contribution in [2.75, 3.05) is 19.0 Å². The molecule has 1 aromatic carbocycles. The predicted molar refractivity (Wildman–Crippen MR) is 94.3 cm³/mol. The summed E-state index contributed by atoms with van der Waals surface area (Å²) in [6.07, 6.45) is 2.40. The molecule has 0 radical (unpaired) electrons. The number of ether oxygens (including phenoxy) is 2.